The summed E-state index contributed by atoms with van der Waals surface area (Å²) in [5.74, 6) is 0. The Bertz CT molecular complexity index is 2180. The lowest BCUT2D eigenvalue weighted by atomic mass is 9.33. The van der Waals surface area contributed by atoms with E-state index >= 15 is 0 Å². The predicted molar refractivity (Wildman–Crippen MR) is 216 cm³/mol. The third-order valence-corrected chi connectivity index (χ3v) is 13.1. The lowest BCUT2D eigenvalue weighted by Crippen LogP contribution is -2.64. The van der Waals surface area contributed by atoms with Gasteiger partial charge in [-0.1, -0.05) is 122 Å². The van der Waals surface area contributed by atoms with Crippen LogP contribution in [0.1, 0.15) is 103 Å². The van der Waals surface area contributed by atoms with Gasteiger partial charge in [0.2, 0.25) is 0 Å². The lowest BCUT2D eigenvalue weighted by molar-refractivity contribution is 0.195. The number of nitrogens with zero attached hydrogens (tertiary/aromatic N) is 2. The topological polar surface area (TPSA) is 6.48 Å². The van der Waals surface area contributed by atoms with Crippen LogP contribution in [-0.2, 0) is 16.2 Å². The Morgan fingerprint density at radius 3 is 1.98 bits per heavy atom. The molecule has 0 amide bonds. The first-order valence-electron chi connectivity index (χ1n) is 18.9. The van der Waals surface area contributed by atoms with E-state index in [1.165, 1.54) is 98.3 Å². The van der Waals surface area contributed by atoms with E-state index in [4.69, 9.17) is 0 Å². The van der Waals surface area contributed by atoms with Gasteiger partial charge in [0.25, 0.3) is 6.71 Å². The highest BCUT2D eigenvalue weighted by Crippen LogP contribution is 2.62. The average Bonchev–Trinajstić information content (AvgIpc) is 3.29. The first-order chi connectivity index (χ1) is 23.7. The molecule has 3 heteroatoms. The van der Waals surface area contributed by atoms with E-state index in [0.717, 1.165) is 0 Å². The second-order valence-corrected chi connectivity index (χ2v) is 18.3. The van der Waals surface area contributed by atoms with E-state index in [0.29, 0.717) is 0 Å². The zero-order chi connectivity index (χ0) is 35.0. The zero-order valence-corrected chi connectivity index (χ0v) is 31.5. The molecule has 50 heavy (non-hydrogen) atoms. The molecule has 0 saturated heterocycles. The van der Waals surface area contributed by atoms with E-state index in [9.17, 15) is 0 Å². The van der Waals surface area contributed by atoms with Gasteiger partial charge in [0.05, 0.1) is 5.54 Å². The van der Waals surface area contributed by atoms with E-state index in [2.05, 4.69) is 169 Å². The molecule has 5 aromatic rings. The number of hydrogen-bond acceptors (Lipinski definition) is 2. The number of anilines is 5. The molecule has 5 aromatic carbocycles. The quantitative estimate of drug-likeness (QED) is 0.172. The Kier molecular flexibility index (Phi) is 6.60. The molecule has 4 aliphatic rings. The normalized spacial score (nSPS) is 21.8. The van der Waals surface area contributed by atoms with Crippen molar-refractivity contribution in [3.63, 3.8) is 0 Å². The molecule has 0 N–H and O–H groups in total. The molecular weight excluding hydrogens is 603 g/mol. The zero-order valence-electron chi connectivity index (χ0n) is 31.5. The van der Waals surface area contributed by atoms with Crippen molar-refractivity contribution in [3.05, 3.63) is 119 Å². The first kappa shape index (κ1) is 31.7. The minimum Gasteiger partial charge on any atom is -0.335 e. The van der Waals surface area contributed by atoms with E-state index in [-0.39, 0.29) is 28.5 Å². The van der Waals surface area contributed by atoms with Crippen LogP contribution in [0.25, 0.3) is 11.1 Å². The van der Waals surface area contributed by atoms with Gasteiger partial charge in [-0.3, -0.25) is 0 Å². The molecule has 0 bridgehead atoms. The van der Waals surface area contributed by atoms with Gasteiger partial charge in [-0.25, -0.2) is 0 Å². The van der Waals surface area contributed by atoms with Gasteiger partial charge < -0.3 is 9.80 Å². The molecule has 0 aromatic heterocycles. The van der Waals surface area contributed by atoms with Gasteiger partial charge in [0.15, 0.2) is 0 Å². The summed E-state index contributed by atoms with van der Waals surface area (Å²) < 4.78 is 0. The van der Waals surface area contributed by atoms with Crippen molar-refractivity contribution >= 4 is 51.5 Å². The van der Waals surface area contributed by atoms with Crippen LogP contribution in [0.2, 0.25) is 0 Å². The number of hydrogen-bond donors (Lipinski definition) is 0. The molecule has 252 valence electrons. The van der Waals surface area contributed by atoms with Crippen molar-refractivity contribution in [1.82, 2.24) is 0 Å². The SMILES string of the molecule is Cc1cc2c3c(c1)N1c4c(cc(-c5ccccc5)cc4C4(C)CCCCC14C)B3c1cc(C(C)(C)C)ccc1N2c1ccc(C(C)(C)C)cc1. The standard InChI is InChI=1S/C47H51BN2/c1-30-25-40-42-41(26-30)50-43-36(46(8)23-13-14-24-47(46,50)9)27-32(31-15-11-10-12-16-31)28-38(43)48(42)37-29-34(45(5,6)7)19-22-39(37)49(40)35-20-17-33(18-21-35)44(2,3)4/h10-12,15-22,25-29H,13-14,23-24H2,1-9H3. The van der Waals surface area contributed by atoms with E-state index in [1.807, 2.05) is 0 Å². The van der Waals surface area contributed by atoms with E-state index < -0.39 is 0 Å². The lowest BCUT2D eigenvalue weighted by Gasteiger charge is -2.53. The molecule has 1 saturated carbocycles. The Hall–Kier alpha value is -4.24. The van der Waals surface area contributed by atoms with Crippen LogP contribution in [0.3, 0.4) is 0 Å². The van der Waals surface area contributed by atoms with Gasteiger partial charge in [-0.2, -0.15) is 0 Å². The summed E-state index contributed by atoms with van der Waals surface area (Å²) >= 11 is 0. The highest BCUT2D eigenvalue weighted by atomic mass is 15.3. The minimum absolute atomic E-state index is 0.00308. The van der Waals surface area contributed by atoms with Crippen LogP contribution in [0.15, 0.2) is 97.1 Å². The highest BCUT2D eigenvalue weighted by molar-refractivity contribution is 7.00. The Morgan fingerprint density at radius 2 is 1.28 bits per heavy atom. The third-order valence-electron chi connectivity index (χ3n) is 13.1. The number of rotatable bonds is 2. The second-order valence-electron chi connectivity index (χ2n) is 18.3. The van der Waals surface area contributed by atoms with Crippen molar-refractivity contribution < 1.29 is 0 Å². The van der Waals surface area contributed by atoms with Gasteiger partial charge in [0, 0.05) is 33.9 Å². The van der Waals surface area contributed by atoms with Gasteiger partial charge >= 0.3 is 0 Å². The smallest absolute Gasteiger partial charge is 0.252 e. The molecule has 2 atom stereocenters. The Labute approximate surface area is 300 Å². The van der Waals surface area contributed by atoms with Gasteiger partial charge in [-0.15, -0.1) is 0 Å². The second kappa shape index (κ2) is 10.4. The minimum atomic E-state index is -0.00308. The average molecular weight is 655 g/mol. The molecule has 2 unspecified atom stereocenters. The maximum absolute atomic E-state index is 2.85. The molecule has 9 rings (SSSR count). The van der Waals surface area contributed by atoms with Crippen molar-refractivity contribution in [1.29, 1.82) is 0 Å². The van der Waals surface area contributed by atoms with Gasteiger partial charge in [-0.05, 0) is 124 Å². The van der Waals surface area contributed by atoms with Crippen LogP contribution in [-0.4, -0.2) is 12.3 Å². The van der Waals surface area contributed by atoms with Crippen LogP contribution in [0, 0.1) is 6.92 Å². The van der Waals surface area contributed by atoms with Crippen LogP contribution in [0.4, 0.5) is 28.4 Å². The Balaban J connectivity index is 1.40. The molecule has 3 heterocycles. The molecule has 1 aliphatic carbocycles. The highest BCUT2D eigenvalue weighted by Gasteiger charge is 2.61. The monoisotopic (exact) mass is 654 g/mol. The third kappa shape index (κ3) is 4.28. The maximum atomic E-state index is 2.85. The van der Waals surface area contributed by atoms with Crippen molar-refractivity contribution in [2.45, 2.75) is 110 Å². The molecule has 0 radical (unpaired) electrons. The fourth-order valence-corrected chi connectivity index (χ4v) is 10.1. The van der Waals surface area contributed by atoms with E-state index in [1.54, 1.807) is 5.56 Å². The molecule has 0 spiro atoms. The van der Waals surface area contributed by atoms with Crippen LogP contribution in [0.5, 0.6) is 0 Å². The summed E-state index contributed by atoms with van der Waals surface area (Å²) in [6, 6.07) is 38.0. The molecular formula is C47H51BN2. The molecule has 1 fully saturated rings. The molecule has 2 nitrogen and oxygen atoms in total. The van der Waals surface area contributed by atoms with Crippen molar-refractivity contribution in [2.75, 3.05) is 9.80 Å². The maximum Gasteiger partial charge on any atom is 0.252 e. The summed E-state index contributed by atoms with van der Waals surface area (Å²) in [5, 5.41) is 0. The Morgan fingerprint density at radius 1 is 0.620 bits per heavy atom. The summed E-state index contributed by atoms with van der Waals surface area (Å²) in [4.78, 5) is 5.44. The number of fused-ring (bicyclic) bond motifs is 7. The van der Waals surface area contributed by atoms with Gasteiger partial charge in [0.1, 0.15) is 0 Å². The number of benzene rings is 5. The van der Waals surface area contributed by atoms with Crippen molar-refractivity contribution in [3.8, 4) is 11.1 Å². The summed E-state index contributed by atoms with van der Waals surface area (Å²) in [5.41, 5.74) is 19.6. The fourth-order valence-electron chi connectivity index (χ4n) is 10.1. The van der Waals surface area contributed by atoms with Crippen LogP contribution >= 0.6 is 0 Å². The predicted octanol–water partition coefficient (Wildman–Crippen LogP) is 10.6. The van der Waals surface area contributed by atoms with Crippen molar-refractivity contribution in [2.24, 2.45) is 0 Å². The number of aryl methyl sites for hydroxylation is 1. The summed E-state index contributed by atoms with van der Waals surface area (Å²) in [7, 11) is 0. The largest absolute Gasteiger partial charge is 0.335 e. The summed E-state index contributed by atoms with van der Waals surface area (Å²) in [6.07, 6.45) is 4.99. The molecule has 3 aliphatic heterocycles. The fraction of sp³-hybridized carbons (Fsp3) is 0.362. The van der Waals surface area contributed by atoms with Crippen LogP contribution < -0.4 is 26.2 Å². The summed E-state index contributed by atoms with van der Waals surface area (Å²) in [6.45, 7) is 21.6. The first-order valence-corrected chi connectivity index (χ1v) is 18.9.